The summed E-state index contributed by atoms with van der Waals surface area (Å²) >= 11 is 1.71. The van der Waals surface area contributed by atoms with Crippen LogP contribution in [0.2, 0.25) is 0 Å². The minimum Gasteiger partial charge on any atom is -0.347 e. The molecule has 0 atom stereocenters. The standard InChI is InChI=1S/C16H16N2OS/c1-11-7-8-14(18(11)2)16(19)17-9-12-10-20-15-6-4-3-5-13(12)15/h3-8,10H,9H2,1-2H3,(H,17,19). The maximum Gasteiger partial charge on any atom is 0.268 e. The van der Waals surface area contributed by atoms with Gasteiger partial charge >= 0.3 is 0 Å². The Hall–Kier alpha value is -2.07. The smallest absolute Gasteiger partial charge is 0.268 e. The van der Waals surface area contributed by atoms with Gasteiger partial charge in [0, 0.05) is 24.0 Å². The molecule has 0 unspecified atom stereocenters. The molecule has 3 rings (SSSR count). The highest BCUT2D eigenvalue weighted by Crippen LogP contribution is 2.25. The van der Waals surface area contributed by atoms with Crippen molar-refractivity contribution in [3.63, 3.8) is 0 Å². The predicted molar refractivity (Wildman–Crippen MR) is 83.1 cm³/mol. The Morgan fingerprint density at radius 3 is 2.80 bits per heavy atom. The van der Waals surface area contributed by atoms with Crippen molar-refractivity contribution in [3.05, 3.63) is 58.7 Å². The van der Waals surface area contributed by atoms with E-state index in [1.165, 1.54) is 15.6 Å². The van der Waals surface area contributed by atoms with Crippen molar-refractivity contribution in [1.82, 2.24) is 9.88 Å². The maximum absolute atomic E-state index is 12.2. The number of aryl methyl sites for hydroxylation is 1. The maximum atomic E-state index is 12.2. The van der Waals surface area contributed by atoms with E-state index in [1.54, 1.807) is 11.3 Å². The van der Waals surface area contributed by atoms with Crippen LogP contribution in [-0.2, 0) is 13.6 Å². The van der Waals surface area contributed by atoms with E-state index in [2.05, 4.69) is 22.8 Å². The molecule has 1 amide bonds. The predicted octanol–water partition coefficient (Wildman–Crippen LogP) is 3.48. The molecule has 0 aliphatic heterocycles. The van der Waals surface area contributed by atoms with E-state index in [-0.39, 0.29) is 5.91 Å². The number of amides is 1. The van der Waals surface area contributed by atoms with Crippen LogP contribution in [0, 0.1) is 6.92 Å². The summed E-state index contributed by atoms with van der Waals surface area (Å²) in [5, 5.41) is 6.33. The van der Waals surface area contributed by atoms with Crippen molar-refractivity contribution in [2.75, 3.05) is 0 Å². The van der Waals surface area contributed by atoms with Crippen LogP contribution in [0.1, 0.15) is 21.7 Å². The fourth-order valence-electron chi connectivity index (χ4n) is 2.28. The topological polar surface area (TPSA) is 34.0 Å². The van der Waals surface area contributed by atoms with Gasteiger partial charge in [-0.1, -0.05) is 18.2 Å². The lowest BCUT2D eigenvalue weighted by Gasteiger charge is -2.06. The quantitative estimate of drug-likeness (QED) is 0.785. The van der Waals surface area contributed by atoms with Gasteiger partial charge in [-0.15, -0.1) is 11.3 Å². The minimum atomic E-state index is -0.0316. The van der Waals surface area contributed by atoms with E-state index < -0.39 is 0 Å². The number of aromatic nitrogens is 1. The van der Waals surface area contributed by atoms with Crippen molar-refractivity contribution in [3.8, 4) is 0 Å². The molecule has 2 aromatic heterocycles. The van der Waals surface area contributed by atoms with Crippen LogP contribution in [0.15, 0.2) is 41.8 Å². The fraction of sp³-hybridized carbons (Fsp3) is 0.188. The third-order valence-corrected chi connectivity index (χ3v) is 4.62. The molecule has 20 heavy (non-hydrogen) atoms. The van der Waals surface area contributed by atoms with Gasteiger partial charge in [0.15, 0.2) is 0 Å². The lowest BCUT2D eigenvalue weighted by atomic mass is 10.2. The van der Waals surface area contributed by atoms with Crippen LogP contribution in [0.25, 0.3) is 10.1 Å². The van der Waals surface area contributed by atoms with Crippen LogP contribution in [0.3, 0.4) is 0 Å². The highest BCUT2D eigenvalue weighted by atomic mass is 32.1. The van der Waals surface area contributed by atoms with E-state index in [9.17, 15) is 4.79 Å². The number of rotatable bonds is 3. The molecule has 3 nitrogen and oxygen atoms in total. The number of hydrogen-bond acceptors (Lipinski definition) is 2. The van der Waals surface area contributed by atoms with Gasteiger partial charge in [0.25, 0.3) is 5.91 Å². The molecule has 0 spiro atoms. The number of carbonyl (C=O) groups excluding carboxylic acids is 1. The summed E-state index contributed by atoms with van der Waals surface area (Å²) in [5.41, 5.74) is 2.95. The second kappa shape index (κ2) is 5.13. The van der Waals surface area contributed by atoms with Gasteiger partial charge in [-0.05, 0) is 41.5 Å². The lowest BCUT2D eigenvalue weighted by Crippen LogP contribution is -2.24. The summed E-state index contributed by atoms with van der Waals surface area (Å²) in [6.45, 7) is 2.55. The molecule has 0 saturated carbocycles. The molecule has 3 aromatic rings. The SMILES string of the molecule is Cc1ccc(C(=O)NCc2csc3ccccc23)n1C. The summed E-state index contributed by atoms with van der Waals surface area (Å²) in [7, 11) is 1.91. The minimum absolute atomic E-state index is 0.0316. The first-order valence-electron chi connectivity index (χ1n) is 6.52. The molecular weight excluding hydrogens is 268 g/mol. The Morgan fingerprint density at radius 1 is 1.25 bits per heavy atom. The van der Waals surface area contributed by atoms with Crippen molar-refractivity contribution >= 4 is 27.3 Å². The normalized spacial score (nSPS) is 10.9. The van der Waals surface area contributed by atoms with E-state index in [0.717, 1.165) is 5.69 Å². The Kier molecular flexibility index (Phi) is 3.32. The average Bonchev–Trinajstić information content (AvgIpc) is 3.01. The van der Waals surface area contributed by atoms with Gasteiger partial charge in [0.1, 0.15) is 5.69 Å². The first kappa shape index (κ1) is 12.9. The van der Waals surface area contributed by atoms with Crippen LogP contribution in [0.4, 0.5) is 0 Å². The highest BCUT2D eigenvalue weighted by molar-refractivity contribution is 7.17. The summed E-state index contributed by atoms with van der Waals surface area (Å²) in [6, 6.07) is 12.1. The number of nitrogens with one attached hydrogen (secondary N) is 1. The highest BCUT2D eigenvalue weighted by Gasteiger charge is 2.11. The van der Waals surface area contributed by atoms with E-state index in [4.69, 9.17) is 0 Å². The summed E-state index contributed by atoms with van der Waals surface area (Å²) in [4.78, 5) is 12.2. The number of benzene rings is 1. The summed E-state index contributed by atoms with van der Waals surface area (Å²) < 4.78 is 3.16. The molecule has 4 heteroatoms. The Bertz CT molecular complexity index is 770. The van der Waals surface area contributed by atoms with Crippen LogP contribution < -0.4 is 5.32 Å². The van der Waals surface area contributed by atoms with E-state index in [1.807, 2.05) is 42.8 Å². The Labute approximate surface area is 121 Å². The zero-order chi connectivity index (χ0) is 14.1. The van der Waals surface area contributed by atoms with Crippen molar-refractivity contribution in [1.29, 1.82) is 0 Å². The fourth-order valence-corrected chi connectivity index (χ4v) is 3.24. The summed E-state index contributed by atoms with van der Waals surface area (Å²) in [5.74, 6) is -0.0316. The molecule has 0 aliphatic carbocycles. The van der Waals surface area contributed by atoms with Gasteiger partial charge in [0.2, 0.25) is 0 Å². The molecule has 2 heterocycles. The molecule has 0 aliphatic rings. The molecular formula is C16H16N2OS. The zero-order valence-electron chi connectivity index (χ0n) is 11.5. The van der Waals surface area contributed by atoms with Crippen molar-refractivity contribution in [2.45, 2.75) is 13.5 Å². The summed E-state index contributed by atoms with van der Waals surface area (Å²) in [6.07, 6.45) is 0. The van der Waals surface area contributed by atoms with Gasteiger partial charge < -0.3 is 9.88 Å². The van der Waals surface area contributed by atoms with Crippen LogP contribution >= 0.6 is 11.3 Å². The van der Waals surface area contributed by atoms with Crippen LogP contribution in [-0.4, -0.2) is 10.5 Å². The number of nitrogens with zero attached hydrogens (tertiary/aromatic N) is 1. The number of carbonyl (C=O) groups is 1. The second-order valence-corrected chi connectivity index (χ2v) is 5.77. The average molecular weight is 284 g/mol. The number of fused-ring (bicyclic) bond motifs is 1. The third-order valence-electron chi connectivity index (χ3n) is 3.61. The zero-order valence-corrected chi connectivity index (χ0v) is 12.3. The van der Waals surface area contributed by atoms with Gasteiger partial charge in [-0.25, -0.2) is 0 Å². The molecule has 0 saturated heterocycles. The van der Waals surface area contributed by atoms with Crippen molar-refractivity contribution in [2.24, 2.45) is 7.05 Å². The third kappa shape index (κ3) is 2.23. The number of hydrogen-bond donors (Lipinski definition) is 1. The van der Waals surface area contributed by atoms with Gasteiger partial charge in [-0.2, -0.15) is 0 Å². The molecule has 0 bridgehead atoms. The Balaban J connectivity index is 1.76. The first-order valence-corrected chi connectivity index (χ1v) is 7.40. The number of thiophene rings is 1. The molecule has 0 radical (unpaired) electrons. The Morgan fingerprint density at radius 2 is 2.05 bits per heavy atom. The molecule has 0 fully saturated rings. The molecule has 102 valence electrons. The van der Waals surface area contributed by atoms with Crippen molar-refractivity contribution < 1.29 is 4.79 Å². The van der Waals surface area contributed by atoms with Crippen LogP contribution in [0.5, 0.6) is 0 Å². The van der Waals surface area contributed by atoms with E-state index in [0.29, 0.717) is 12.2 Å². The van der Waals surface area contributed by atoms with E-state index >= 15 is 0 Å². The second-order valence-electron chi connectivity index (χ2n) is 4.86. The monoisotopic (exact) mass is 284 g/mol. The lowest BCUT2D eigenvalue weighted by molar-refractivity contribution is 0.0943. The molecule has 1 aromatic carbocycles. The largest absolute Gasteiger partial charge is 0.347 e. The van der Waals surface area contributed by atoms with Gasteiger partial charge in [-0.3, -0.25) is 4.79 Å². The first-order chi connectivity index (χ1) is 9.66. The van der Waals surface area contributed by atoms with Gasteiger partial charge in [0.05, 0.1) is 0 Å². The molecule has 1 N–H and O–H groups in total.